The van der Waals surface area contributed by atoms with Gasteiger partial charge in [-0.2, -0.15) is 0 Å². The highest BCUT2D eigenvalue weighted by Crippen LogP contribution is 2.30. The van der Waals surface area contributed by atoms with Crippen molar-refractivity contribution in [3.63, 3.8) is 0 Å². The van der Waals surface area contributed by atoms with E-state index < -0.39 is 66.5 Å². The first-order valence-corrected chi connectivity index (χ1v) is 23.0. The van der Waals surface area contributed by atoms with Crippen LogP contribution in [0.3, 0.4) is 0 Å². The molecule has 1 rings (SSSR count). The molecule has 7 N–H and O–H groups in total. The molecule has 7 atom stereocenters. The molecule has 10 heteroatoms. The summed E-state index contributed by atoms with van der Waals surface area (Å²) in [5.41, 5.74) is -2.94. The van der Waals surface area contributed by atoms with Crippen LogP contribution in [0.5, 0.6) is 0 Å². The monoisotopic (exact) mass is 787 g/mol. The lowest BCUT2D eigenvalue weighted by molar-refractivity contribution is -0.264. The number of unbranched alkanes of at least 4 members (excludes halogenated alkanes) is 28. The van der Waals surface area contributed by atoms with E-state index in [2.05, 4.69) is 13.8 Å². The molecule has 0 amide bonds. The fourth-order valence-corrected chi connectivity index (χ4v) is 8.02. The van der Waals surface area contributed by atoms with Gasteiger partial charge in [0.1, 0.15) is 42.7 Å². The van der Waals surface area contributed by atoms with Gasteiger partial charge < -0.3 is 40.5 Å². The van der Waals surface area contributed by atoms with Crippen molar-refractivity contribution in [2.75, 3.05) is 6.61 Å². The highest BCUT2D eigenvalue weighted by Gasteiger charge is 2.56. The number of ether oxygens (including phenoxy) is 1. The molecule has 0 bridgehead atoms. The normalized spacial score (nSPS) is 21.5. The number of carbonyl (C=O) groups is 2. The van der Waals surface area contributed by atoms with Crippen LogP contribution in [0.1, 0.15) is 219 Å². The van der Waals surface area contributed by atoms with Crippen LogP contribution in [0.4, 0.5) is 0 Å². The van der Waals surface area contributed by atoms with Gasteiger partial charge in [0.15, 0.2) is 11.6 Å². The lowest BCUT2D eigenvalue weighted by Gasteiger charge is -2.44. The molecule has 0 aliphatic carbocycles. The molecule has 326 valence electrons. The van der Waals surface area contributed by atoms with Crippen LogP contribution in [-0.4, -0.2) is 102 Å². The number of rotatable bonds is 38. The first-order valence-electron chi connectivity index (χ1n) is 23.0. The topological polar surface area (TPSA) is 185 Å². The standard InChI is InChI=1S/C45H86O10/c1-3-5-7-9-11-13-15-17-19-21-23-25-27-29-31-33-37(47)45(54,44(53)42(52)43-41(51)40(50)39(49)36(35-46)55-43)38(48)34-32-30-28-26-24-22-20-18-16-14-12-10-8-6-4-2/h36,39-44,46,49-54H,3-35H2,1-2H3/t36-,39+,40+,41-,42?,43?,44?/m1/s1. The fourth-order valence-electron chi connectivity index (χ4n) is 8.02. The highest BCUT2D eigenvalue weighted by molar-refractivity contribution is 6.10. The van der Waals surface area contributed by atoms with Gasteiger partial charge in [-0.3, -0.25) is 9.59 Å². The lowest BCUT2D eigenvalue weighted by atomic mass is 9.78. The van der Waals surface area contributed by atoms with Gasteiger partial charge in [-0.05, 0) is 12.8 Å². The average molecular weight is 787 g/mol. The summed E-state index contributed by atoms with van der Waals surface area (Å²) in [6.07, 6.45) is 20.8. The van der Waals surface area contributed by atoms with Crippen LogP contribution in [0, 0.1) is 0 Å². The Kier molecular flexibility index (Phi) is 31.1. The molecular weight excluding hydrogens is 700 g/mol. The zero-order valence-electron chi connectivity index (χ0n) is 35.2. The van der Waals surface area contributed by atoms with Crippen LogP contribution in [0.2, 0.25) is 0 Å². The van der Waals surface area contributed by atoms with E-state index in [0.29, 0.717) is 12.8 Å². The molecule has 0 aromatic carbocycles. The third-order valence-corrected chi connectivity index (χ3v) is 11.9. The van der Waals surface area contributed by atoms with Gasteiger partial charge in [0.05, 0.1) is 6.61 Å². The quantitative estimate of drug-likeness (QED) is 0.0239. The van der Waals surface area contributed by atoms with Crippen molar-refractivity contribution in [2.24, 2.45) is 0 Å². The minimum absolute atomic E-state index is 0.169. The van der Waals surface area contributed by atoms with Crippen molar-refractivity contribution < 1.29 is 50.1 Å². The maximum atomic E-state index is 13.6. The third-order valence-electron chi connectivity index (χ3n) is 11.9. The number of aliphatic hydroxyl groups excluding tert-OH is 6. The molecule has 0 spiro atoms. The van der Waals surface area contributed by atoms with Gasteiger partial charge in [-0.25, -0.2) is 0 Å². The summed E-state index contributed by atoms with van der Waals surface area (Å²) < 4.78 is 5.40. The van der Waals surface area contributed by atoms with Crippen LogP contribution in [0.15, 0.2) is 0 Å². The summed E-state index contributed by atoms with van der Waals surface area (Å²) in [5, 5.41) is 74.6. The molecule has 1 saturated heterocycles. The van der Waals surface area contributed by atoms with E-state index in [1.165, 1.54) is 128 Å². The van der Waals surface area contributed by atoms with Gasteiger partial charge in [0.25, 0.3) is 0 Å². The Bertz CT molecular complexity index is 883. The molecule has 55 heavy (non-hydrogen) atoms. The Morgan fingerprint density at radius 3 is 1.07 bits per heavy atom. The number of hydrogen-bond acceptors (Lipinski definition) is 10. The smallest absolute Gasteiger partial charge is 0.209 e. The third kappa shape index (κ3) is 21.0. The molecule has 10 nitrogen and oxygen atoms in total. The van der Waals surface area contributed by atoms with Crippen molar-refractivity contribution in [2.45, 2.75) is 268 Å². The maximum absolute atomic E-state index is 13.6. The molecule has 3 unspecified atom stereocenters. The molecule has 0 aromatic heterocycles. The summed E-state index contributed by atoms with van der Waals surface area (Å²) in [5.74, 6) is -1.80. The first kappa shape index (κ1) is 52.0. The van der Waals surface area contributed by atoms with Crippen molar-refractivity contribution in [1.82, 2.24) is 0 Å². The predicted octanol–water partition coefficient (Wildman–Crippen LogP) is 7.94. The molecule has 1 aliphatic heterocycles. The lowest BCUT2D eigenvalue weighted by Crippen LogP contribution is -2.67. The largest absolute Gasteiger partial charge is 0.394 e. The predicted molar refractivity (Wildman–Crippen MR) is 220 cm³/mol. The van der Waals surface area contributed by atoms with E-state index in [4.69, 9.17) is 4.74 Å². The van der Waals surface area contributed by atoms with E-state index in [9.17, 15) is 45.3 Å². The molecule has 0 saturated carbocycles. The van der Waals surface area contributed by atoms with E-state index in [0.717, 1.165) is 51.4 Å². The van der Waals surface area contributed by atoms with Gasteiger partial charge >= 0.3 is 0 Å². The summed E-state index contributed by atoms with van der Waals surface area (Å²) in [6, 6.07) is 0. The van der Waals surface area contributed by atoms with Crippen molar-refractivity contribution in [1.29, 1.82) is 0 Å². The zero-order valence-corrected chi connectivity index (χ0v) is 35.2. The second-order valence-corrected chi connectivity index (χ2v) is 16.7. The molecule has 0 aromatic rings. The minimum Gasteiger partial charge on any atom is -0.394 e. The Labute approximate surface area is 335 Å². The number of hydrogen-bond donors (Lipinski definition) is 7. The SMILES string of the molecule is CCCCCCCCCCCCCCCCCC(=O)C(O)(C(=O)CCCCCCCCCCCCCCCCC)C(O)C(O)C1O[C@H](CO)[C@H](O)[C@H](O)[C@H]1O. The minimum atomic E-state index is -2.94. The molecule has 1 fully saturated rings. The Morgan fingerprint density at radius 1 is 0.491 bits per heavy atom. The van der Waals surface area contributed by atoms with Crippen LogP contribution < -0.4 is 0 Å². The summed E-state index contributed by atoms with van der Waals surface area (Å²) >= 11 is 0. The Morgan fingerprint density at radius 2 is 0.782 bits per heavy atom. The second-order valence-electron chi connectivity index (χ2n) is 16.7. The van der Waals surface area contributed by atoms with E-state index >= 15 is 0 Å². The van der Waals surface area contributed by atoms with E-state index in [-0.39, 0.29) is 12.8 Å². The highest BCUT2D eigenvalue weighted by atomic mass is 16.6. The molecular formula is C45H86O10. The zero-order chi connectivity index (χ0) is 40.7. The van der Waals surface area contributed by atoms with Crippen molar-refractivity contribution >= 4 is 11.6 Å². The summed E-state index contributed by atoms with van der Waals surface area (Å²) in [7, 11) is 0. The number of carbonyl (C=O) groups excluding carboxylic acids is 2. The van der Waals surface area contributed by atoms with Gasteiger partial charge in [-0.15, -0.1) is 0 Å². The van der Waals surface area contributed by atoms with Crippen molar-refractivity contribution in [3.05, 3.63) is 0 Å². The second kappa shape index (κ2) is 32.9. The van der Waals surface area contributed by atoms with Gasteiger partial charge in [0.2, 0.25) is 5.60 Å². The Hall–Kier alpha value is -0.980. The van der Waals surface area contributed by atoms with Crippen LogP contribution >= 0.6 is 0 Å². The average Bonchev–Trinajstić information content (AvgIpc) is 3.18. The van der Waals surface area contributed by atoms with E-state index in [1.54, 1.807) is 0 Å². The summed E-state index contributed by atoms with van der Waals surface area (Å²) in [4.78, 5) is 27.1. The van der Waals surface area contributed by atoms with Crippen LogP contribution in [-0.2, 0) is 14.3 Å². The van der Waals surface area contributed by atoms with Crippen LogP contribution in [0.25, 0.3) is 0 Å². The van der Waals surface area contributed by atoms with Crippen molar-refractivity contribution in [3.8, 4) is 0 Å². The molecule has 1 heterocycles. The maximum Gasteiger partial charge on any atom is 0.209 e. The van der Waals surface area contributed by atoms with E-state index in [1.807, 2.05) is 0 Å². The summed E-state index contributed by atoms with van der Waals surface area (Å²) in [6.45, 7) is 3.72. The first-order chi connectivity index (χ1) is 26.6. The van der Waals surface area contributed by atoms with Gasteiger partial charge in [-0.1, -0.05) is 194 Å². The number of ketones is 2. The Balaban J connectivity index is 2.57. The van der Waals surface area contributed by atoms with Gasteiger partial charge in [0, 0.05) is 12.8 Å². The fraction of sp³-hybridized carbons (Fsp3) is 0.956. The molecule has 1 aliphatic rings. The number of aliphatic hydroxyl groups is 7. The molecule has 0 radical (unpaired) electrons. The number of Topliss-reactive ketones (excluding diaryl/α,β-unsaturated/α-hetero) is 2.